The average Bonchev–Trinajstić information content (AvgIpc) is 2.83. The molecule has 7 nitrogen and oxygen atoms in total. The summed E-state index contributed by atoms with van der Waals surface area (Å²) >= 11 is 0. The summed E-state index contributed by atoms with van der Waals surface area (Å²) < 4.78 is 27.5. The Morgan fingerprint density at radius 1 is 1.14 bits per heavy atom. The van der Waals surface area contributed by atoms with Crippen LogP contribution in [0.15, 0.2) is 47.4 Å². The third-order valence-electron chi connectivity index (χ3n) is 4.57. The van der Waals surface area contributed by atoms with Crippen LogP contribution in [0, 0.1) is 6.92 Å². The third-order valence-corrected chi connectivity index (χ3v) is 6.03. The summed E-state index contributed by atoms with van der Waals surface area (Å²) in [5.74, 6) is -0.325. The summed E-state index contributed by atoms with van der Waals surface area (Å²) in [5, 5.41) is 5.55. The van der Waals surface area contributed by atoms with Crippen LogP contribution < -0.4 is 15.4 Å². The number of fused-ring (bicyclic) bond motifs is 1. The van der Waals surface area contributed by atoms with Gasteiger partial charge in [0.25, 0.3) is 0 Å². The third kappa shape index (κ3) is 4.96. The fourth-order valence-corrected chi connectivity index (χ4v) is 4.11. The lowest BCUT2D eigenvalue weighted by atomic mass is 10.1. The number of hydrogen-bond acceptors (Lipinski definition) is 4. The van der Waals surface area contributed by atoms with Gasteiger partial charge < -0.3 is 10.6 Å². The highest BCUT2D eigenvalue weighted by Crippen LogP contribution is 2.25. The zero-order chi connectivity index (χ0) is 20.1. The zero-order valence-electron chi connectivity index (χ0n) is 15.6. The molecule has 0 bridgehead atoms. The molecular formula is C20H23N3O4S. The lowest BCUT2D eigenvalue weighted by molar-refractivity contribution is -0.116. The van der Waals surface area contributed by atoms with E-state index in [9.17, 15) is 18.0 Å². The van der Waals surface area contributed by atoms with Crippen LogP contribution in [0.3, 0.4) is 0 Å². The Hall–Kier alpha value is -2.71. The molecule has 0 unspecified atom stereocenters. The standard InChI is InChI=1S/C20H23N3O4S/c1-14-5-2-3-7-17(14)22-20(25)11-12-21-28(26,27)16-9-10-18-15(13-16)6-4-8-19(24)23-18/h2-3,5,7,9-10,13,21H,4,6,8,11-12H2,1H3,(H,22,25)(H,23,24). The molecule has 0 radical (unpaired) electrons. The fourth-order valence-electron chi connectivity index (χ4n) is 3.03. The van der Waals surface area contributed by atoms with Gasteiger partial charge in [-0.1, -0.05) is 18.2 Å². The van der Waals surface area contributed by atoms with Crippen LogP contribution >= 0.6 is 0 Å². The van der Waals surface area contributed by atoms with E-state index in [-0.39, 0.29) is 29.7 Å². The molecular weight excluding hydrogens is 378 g/mol. The summed E-state index contributed by atoms with van der Waals surface area (Å²) in [6.07, 6.45) is 1.75. The lowest BCUT2D eigenvalue weighted by Gasteiger charge is -2.11. The predicted octanol–water partition coefficient (Wildman–Crippen LogP) is 2.58. The monoisotopic (exact) mass is 401 g/mol. The molecule has 28 heavy (non-hydrogen) atoms. The Labute approximate surface area is 164 Å². The molecule has 0 saturated carbocycles. The molecule has 0 aliphatic carbocycles. The van der Waals surface area contributed by atoms with Crippen LogP contribution in [0.4, 0.5) is 11.4 Å². The SMILES string of the molecule is Cc1ccccc1NC(=O)CCNS(=O)(=O)c1ccc2c(c1)CCCC(=O)N2. The smallest absolute Gasteiger partial charge is 0.240 e. The molecule has 0 saturated heterocycles. The van der Waals surface area contributed by atoms with Gasteiger partial charge in [0.1, 0.15) is 0 Å². The van der Waals surface area contributed by atoms with E-state index in [1.807, 2.05) is 25.1 Å². The number of nitrogens with one attached hydrogen (secondary N) is 3. The molecule has 3 rings (SSSR count). The number of amides is 2. The van der Waals surface area contributed by atoms with Crippen molar-refractivity contribution < 1.29 is 18.0 Å². The van der Waals surface area contributed by atoms with E-state index in [4.69, 9.17) is 0 Å². The molecule has 2 amide bonds. The zero-order valence-corrected chi connectivity index (χ0v) is 16.4. The number of rotatable bonds is 6. The van der Waals surface area contributed by atoms with Crippen LogP contribution in [0.25, 0.3) is 0 Å². The van der Waals surface area contributed by atoms with Crippen molar-refractivity contribution in [2.45, 2.75) is 37.5 Å². The van der Waals surface area contributed by atoms with Gasteiger partial charge >= 0.3 is 0 Å². The van der Waals surface area contributed by atoms with E-state index in [2.05, 4.69) is 15.4 Å². The van der Waals surface area contributed by atoms with Crippen molar-refractivity contribution in [1.82, 2.24) is 4.72 Å². The maximum atomic E-state index is 12.5. The molecule has 0 atom stereocenters. The van der Waals surface area contributed by atoms with E-state index < -0.39 is 10.0 Å². The van der Waals surface area contributed by atoms with Gasteiger partial charge in [0.15, 0.2) is 0 Å². The van der Waals surface area contributed by atoms with Crippen LogP contribution in [0.5, 0.6) is 0 Å². The van der Waals surface area contributed by atoms with Crippen molar-refractivity contribution in [3.8, 4) is 0 Å². The van der Waals surface area contributed by atoms with Crippen LogP contribution in [-0.2, 0) is 26.0 Å². The fraction of sp³-hybridized carbons (Fsp3) is 0.300. The number of sulfonamides is 1. The van der Waals surface area contributed by atoms with Gasteiger partial charge in [-0.2, -0.15) is 0 Å². The number of carbonyl (C=O) groups is 2. The van der Waals surface area contributed by atoms with Gasteiger partial charge in [-0.3, -0.25) is 9.59 Å². The molecule has 8 heteroatoms. The van der Waals surface area contributed by atoms with Gasteiger partial charge in [0, 0.05) is 30.8 Å². The number of carbonyl (C=O) groups excluding carboxylic acids is 2. The molecule has 2 aromatic carbocycles. The predicted molar refractivity (Wildman–Crippen MR) is 108 cm³/mol. The highest BCUT2D eigenvalue weighted by atomic mass is 32.2. The number of hydrogen-bond donors (Lipinski definition) is 3. The molecule has 1 heterocycles. The first kappa shape index (κ1) is 20.0. The van der Waals surface area contributed by atoms with Crippen LogP contribution in [-0.4, -0.2) is 26.8 Å². The second-order valence-electron chi connectivity index (χ2n) is 6.73. The first-order valence-corrected chi connectivity index (χ1v) is 10.6. The Morgan fingerprint density at radius 3 is 2.71 bits per heavy atom. The van der Waals surface area contributed by atoms with Crippen LogP contribution in [0.1, 0.15) is 30.4 Å². The largest absolute Gasteiger partial charge is 0.326 e. The highest BCUT2D eigenvalue weighted by Gasteiger charge is 2.19. The minimum absolute atomic E-state index is 0.00608. The second-order valence-corrected chi connectivity index (χ2v) is 8.50. The van der Waals surface area contributed by atoms with E-state index in [1.54, 1.807) is 18.2 Å². The van der Waals surface area contributed by atoms with Crippen molar-refractivity contribution >= 4 is 33.2 Å². The average molecular weight is 401 g/mol. The summed E-state index contributed by atoms with van der Waals surface area (Å²) in [7, 11) is -3.74. The van der Waals surface area contributed by atoms with Gasteiger partial charge in [-0.05, 0) is 55.2 Å². The van der Waals surface area contributed by atoms with Crippen molar-refractivity contribution in [2.24, 2.45) is 0 Å². The summed E-state index contributed by atoms with van der Waals surface area (Å²) in [5.41, 5.74) is 3.10. The van der Waals surface area contributed by atoms with Gasteiger partial charge in [0.05, 0.1) is 4.90 Å². The van der Waals surface area contributed by atoms with E-state index >= 15 is 0 Å². The minimum atomic E-state index is -3.74. The Bertz CT molecular complexity index is 1000. The van der Waals surface area contributed by atoms with Crippen molar-refractivity contribution in [3.63, 3.8) is 0 Å². The first-order chi connectivity index (χ1) is 13.3. The molecule has 3 N–H and O–H groups in total. The van der Waals surface area contributed by atoms with Gasteiger partial charge in [0.2, 0.25) is 21.8 Å². The number of benzene rings is 2. The lowest BCUT2D eigenvalue weighted by Crippen LogP contribution is -2.28. The molecule has 0 fully saturated rings. The van der Waals surface area contributed by atoms with E-state index in [0.29, 0.717) is 30.6 Å². The van der Waals surface area contributed by atoms with Gasteiger partial charge in [-0.25, -0.2) is 13.1 Å². The van der Waals surface area contributed by atoms with Crippen molar-refractivity contribution in [3.05, 3.63) is 53.6 Å². The van der Waals surface area contributed by atoms with Gasteiger partial charge in [-0.15, -0.1) is 0 Å². The second kappa shape index (κ2) is 8.53. The summed E-state index contributed by atoms with van der Waals surface area (Å²) in [6, 6.07) is 12.0. The topological polar surface area (TPSA) is 104 Å². The van der Waals surface area contributed by atoms with E-state index in [0.717, 1.165) is 11.1 Å². The Morgan fingerprint density at radius 2 is 1.93 bits per heavy atom. The first-order valence-electron chi connectivity index (χ1n) is 9.13. The molecule has 1 aliphatic rings. The quantitative estimate of drug-likeness (QED) is 0.692. The maximum Gasteiger partial charge on any atom is 0.240 e. The Kier molecular flexibility index (Phi) is 6.11. The number of aryl methyl sites for hydroxylation is 2. The summed E-state index contributed by atoms with van der Waals surface area (Å²) in [4.78, 5) is 23.8. The van der Waals surface area contributed by atoms with Crippen molar-refractivity contribution in [1.29, 1.82) is 0 Å². The minimum Gasteiger partial charge on any atom is -0.326 e. The molecule has 0 spiro atoms. The van der Waals surface area contributed by atoms with Crippen LogP contribution in [0.2, 0.25) is 0 Å². The summed E-state index contributed by atoms with van der Waals surface area (Å²) in [6.45, 7) is 1.88. The molecule has 2 aromatic rings. The normalized spacial score (nSPS) is 14.0. The Balaban J connectivity index is 1.60. The van der Waals surface area contributed by atoms with Crippen molar-refractivity contribution in [2.75, 3.05) is 17.2 Å². The van der Waals surface area contributed by atoms with E-state index in [1.165, 1.54) is 6.07 Å². The molecule has 1 aliphatic heterocycles. The highest BCUT2D eigenvalue weighted by molar-refractivity contribution is 7.89. The molecule has 148 valence electrons. The number of para-hydroxylation sites is 1. The number of anilines is 2. The molecule has 0 aromatic heterocycles. The maximum absolute atomic E-state index is 12.5.